The van der Waals surface area contributed by atoms with Gasteiger partial charge in [0.15, 0.2) is 0 Å². The second-order valence-corrected chi connectivity index (χ2v) is 7.01. The quantitative estimate of drug-likeness (QED) is 0.165. The lowest BCUT2D eigenvalue weighted by atomic mass is 10.1. The summed E-state index contributed by atoms with van der Waals surface area (Å²) in [5, 5.41) is 10.6. The van der Waals surface area contributed by atoms with E-state index >= 15 is 0 Å². The second kappa shape index (κ2) is 17.4. The topological polar surface area (TPSA) is 70.8 Å². The van der Waals surface area contributed by atoms with E-state index < -0.39 is 4.92 Å². The molecule has 0 bridgehead atoms. The summed E-state index contributed by atoms with van der Waals surface area (Å²) in [6.45, 7) is 5.11. The van der Waals surface area contributed by atoms with Gasteiger partial charge in [0.25, 0.3) is 5.69 Å². The molecule has 1 rings (SSSR count). The fourth-order valence-corrected chi connectivity index (χ4v) is 2.90. The Kier molecular flexibility index (Phi) is 15.2. The van der Waals surface area contributed by atoms with Crippen LogP contribution in [0.15, 0.2) is 24.3 Å². The number of ether oxygens (including phenoxy) is 3. The van der Waals surface area contributed by atoms with Crippen molar-refractivity contribution in [2.75, 3.05) is 33.0 Å². The minimum absolute atomic E-state index is 0.0585. The molecule has 0 N–H and O–H groups in total. The van der Waals surface area contributed by atoms with E-state index in [1.54, 1.807) is 12.1 Å². The van der Waals surface area contributed by atoms with E-state index in [0.29, 0.717) is 32.2 Å². The molecule has 0 saturated carbocycles. The minimum atomic E-state index is -0.428. The lowest BCUT2D eigenvalue weighted by Crippen LogP contribution is -2.11. The third-order valence-electron chi connectivity index (χ3n) is 4.56. The smallest absolute Gasteiger partial charge is 0.269 e. The summed E-state index contributed by atoms with van der Waals surface area (Å²) in [6.07, 6.45) is 13.3. The second-order valence-electron chi connectivity index (χ2n) is 7.01. The Morgan fingerprint density at radius 1 is 0.714 bits per heavy atom. The van der Waals surface area contributed by atoms with Crippen molar-refractivity contribution in [1.82, 2.24) is 0 Å². The average molecular weight is 396 g/mol. The largest absolute Gasteiger partial charge is 0.491 e. The molecule has 0 radical (unpaired) electrons. The Morgan fingerprint density at radius 3 is 1.79 bits per heavy atom. The molecule has 0 atom stereocenters. The van der Waals surface area contributed by atoms with E-state index in [-0.39, 0.29) is 5.69 Å². The highest BCUT2D eigenvalue weighted by Crippen LogP contribution is 2.17. The number of nitro groups is 1. The molecule has 1 aromatic rings. The summed E-state index contributed by atoms with van der Waals surface area (Å²) in [5.74, 6) is 0.603. The molecule has 1 aromatic carbocycles. The summed E-state index contributed by atoms with van der Waals surface area (Å²) >= 11 is 0. The van der Waals surface area contributed by atoms with Gasteiger partial charge < -0.3 is 14.2 Å². The van der Waals surface area contributed by atoms with E-state index in [2.05, 4.69) is 6.92 Å². The molecular formula is C22H37NO5. The number of nitrogens with zero attached hydrogens (tertiary/aromatic N) is 1. The van der Waals surface area contributed by atoms with Gasteiger partial charge in [-0.15, -0.1) is 0 Å². The number of hydrogen-bond donors (Lipinski definition) is 0. The maximum absolute atomic E-state index is 10.6. The van der Waals surface area contributed by atoms with Crippen LogP contribution in [0.25, 0.3) is 0 Å². The van der Waals surface area contributed by atoms with Gasteiger partial charge in [0.1, 0.15) is 12.4 Å². The Balaban J connectivity index is 1.79. The van der Waals surface area contributed by atoms with Crippen LogP contribution in [0.5, 0.6) is 5.75 Å². The molecule has 0 aliphatic heterocycles. The van der Waals surface area contributed by atoms with Crippen molar-refractivity contribution in [3.8, 4) is 5.75 Å². The minimum Gasteiger partial charge on any atom is -0.491 e. The number of non-ortho nitro benzene ring substituents is 1. The molecule has 0 amide bonds. The van der Waals surface area contributed by atoms with Crippen LogP contribution in [0.1, 0.15) is 71.1 Å². The van der Waals surface area contributed by atoms with Gasteiger partial charge in [-0.2, -0.15) is 0 Å². The number of hydrogen-bond acceptors (Lipinski definition) is 5. The van der Waals surface area contributed by atoms with Gasteiger partial charge in [-0.1, -0.05) is 64.7 Å². The highest BCUT2D eigenvalue weighted by molar-refractivity contribution is 5.35. The molecule has 0 spiro atoms. The van der Waals surface area contributed by atoms with Crippen molar-refractivity contribution >= 4 is 5.69 Å². The maximum Gasteiger partial charge on any atom is 0.269 e. The molecule has 160 valence electrons. The molecule has 28 heavy (non-hydrogen) atoms. The van der Waals surface area contributed by atoms with Crippen molar-refractivity contribution in [3.05, 3.63) is 34.4 Å². The lowest BCUT2D eigenvalue weighted by molar-refractivity contribution is -0.384. The fraction of sp³-hybridized carbons (Fsp3) is 0.727. The molecular weight excluding hydrogens is 358 g/mol. The van der Waals surface area contributed by atoms with Gasteiger partial charge in [0, 0.05) is 18.7 Å². The summed E-state index contributed by atoms with van der Waals surface area (Å²) in [7, 11) is 0. The van der Waals surface area contributed by atoms with Crippen LogP contribution in [-0.2, 0) is 9.47 Å². The molecule has 6 heteroatoms. The van der Waals surface area contributed by atoms with Crippen LogP contribution in [0.2, 0.25) is 0 Å². The molecule has 0 unspecified atom stereocenters. The number of unbranched alkanes of at least 4 members (excludes halogenated alkanes) is 9. The van der Waals surface area contributed by atoms with Crippen molar-refractivity contribution in [2.45, 2.75) is 71.1 Å². The monoisotopic (exact) mass is 395 g/mol. The third-order valence-corrected chi connectivity index (χ3v) is 4.56. The van der Waals surface area contributed by atoms with Crippen molar-refractivity contribution in [3.63, 3.8) is 0 Å². The first-order valence-electron chi connectivity index (χ1n) is 10.8. The molecule has 0 aliphatic carbocycles. The van der Waals surface area contributed by atoms with Gasteiger partial charge in [-0.25, -0.2) is 0 Å². The number of nitro benzene ring substituents is 1. The highest BCUT2D eigenvalue weighted by Gasteiger charge is 2.04. The SMILES string of the molecule is CCCCCCCCCCCCOCCOCCOc1ccc([N+](=O)[O-])cc1. The average Bonchev–Trinajstić information content (AvgIpc) is 2.70. The van der Waals surface area contributed by atoms with E-state index in [0.717, 1.165) is 13.0 Å². The van der Waals surface area contributed by atoms with Crippen molar-refractivity contribution in [1.29, 1.82) is 0 Å². The number of benzene rings is 1. The maximum atomic E-state index is 10.6. The van der Waals surface area contributed by atoms with Gasteiger partial charge >= 0.3 is 0 Å². The zero-order valence-electron chi connectivity index (χ0n) is 17.4. The van der Waals surface area contributed by atoms with Gasteiger partial charge in [0.05, 0.1) is 24.7 Å². The molecule has 0 aromatic heterocycles. The summed E-state index contributed by atoms with van der Waals surface area (Å²) in [5.41, 5.74) is 0.0585. The van der Waals surface area contributed by atoms with Crippen molar-refractivity contribution < 1.29 is 19.1 Å². The van der Waals surface area contributed by atoms with E-state index in [1.165, 1.54) is 69.9 Å². The first-order valence-corrected chi connectivity index (χ1v) is 10.8. The normalized spacial score (nSPS) is 10.9. The van der Waals surface area contributed by atoms with Crippen LogP contribution in [0.4, 0.5) is 5.69 Å². The van der Waals surface area contributed by atoms with Gasteiger partial charge in [0.2, 0.25) is 0 Å². The predicted octanol–water partition coefficient (Wildman–Crippen LogP) is 5.93. The van der Waals surface area contributed by atoms with E-state index in [9.17, 15) is 10.1 Å². The molecule has 0 fully saturated rings. The first kappa shape index (κ1) is 24.4. The standard InChI is InChI=1S/C22H37NO5/c1-2-3-4-5-6-7-8-9-10-11-16-26-17-18-27-19-20-28-22-14-12-21(13-15-22)23(24)25/h12-15H,2-11,16-20H2,1H3. The Morgan fingerprint density at radius 2 is 1.21 bits per heavy atom. The third kappa shape index (κ3) is 13.5. The molecule has 0 saturated heterocycles. The fourth-order valence-electron chi connectivity index (χ4n) is 2.90. The first-order chi connectivity index (χ1) is 13.7. The van der Waals surface area contributed by atoms with E-state index in [1.807, 2.05) is 0 Å². The zero-order chi connectivity index (χ0) is 20.3. The Hall–Kier alpha value is -1.66. The zero-order valence-corrected chi connectivity index (χ0v) is 17.4. The van der Waals surface area contributed by atoms with Crippen LogP contribution in [-0.4, -0.2) is 38.0 Å². The summed E-state index contributed by atoms with van der Waals surface area (Å²) < 4.78 is 16.5. The van der Waals surface area contributed by atoms with Gasteiger partial charge in [-0.05, 0) is 18.6 Å². The summed E-state index contributed by atoms with van der Waals surface area (Å²) in [6, 6.07) is 6.04. The van der Waals surface area contributed by atoms with Crippen LogP contribution in [0.3, 0.4) is 0 Å². The Labute approximate surface area is 169 Å². The molecule has 0 heterocycles. The van der Waals surface area contributed by atoms with Crippen LogP contribution in [0, 0.1) is 10.1 Å². The summed E-state index contributed by atoms with van der Waals surface area (Å²) in [4.78, 5) is 10.1. The van der Waals surface area contributed by atoms with Gasteiger partial charge in [-0.3, -0.25) is 10.1 Å². The van der Waals surface area contributed by atoms with Crippen molar-refractivity contribution in [2.24, 2.45) is 0 Å². The highest BCUT2D eigenvalue weighted by atomic mass is 16.6. The van der Waals surface area contributed by atoms with Crippen LogP contribution >= 0.6 is 0 Å². The molecule has 6 nitrogen and oxygen atoms in total. The molecule has 0 aliphatic rings. The Bertz CT molecular complexity index is 492. The lowest BCUT2D eigenvalue weighted by Gasteiger charge is -2.08. The van der Waals surface area contributed by atoms with Crippen LogP contribution < -0.4 is 4.74 Å². The number of rotatable bonds is 19. The van der Waals surface area contributed by atoms with E-state index in [4.69, 9.17) is 14.2 Å². The predicted molar refractivity (Wildman–Crippen MR) is 112 cm³/mol.